The number of hydrogen-bond donors (Lipinski definition) is 1. The van der Waals surface area contributed by atoms with Crippen molar-refractivity contribution in [1.82, 2.24) is 0 Å². The number of hydrogen-bond acceptors (Lipinski definition) is 2. The fraction of sp³-hybridized carbons (Fsp3) is 0.222. The van der Waals surface area contributed by atoms with Crippen LogP contribution >= 0.6 is 23.2 Å². The molecule has 1 rings (SSSR count). The van der Waals surface area contributed by atoms with Crippen molar-refractivity contribution < 1.29 is 9.90 Å². The van der Waals surface area contributed by atoms with Crippen LogP contribution in [-0.4, -0.2) is 10.9 Å². The minimum Gasteiger partial charge on any atom is -0.508 e. The first-order valence-electron chi connectivity index (χ1n) is 3.67. The second-order valence-corrected chi connectivity index (χ2v) is 3.61. The molecule has 1 aromatic carbocycles. The highest BCUT2D eigenvalue weighted by Gasteiger charge is 2.09. The number of ketones is 1. The average Bonchev–Trinajstić information content (AvgIpc) is 1.96. The van der Waals surface area contributed by atoms with Gasteiger partial charge >= 0.3 is 0 Å². The number of carbonyl (C=O) groups is 1. The lowest BCUT2D eigenvalue weighted by atomic mass is 10.1. The molecule has 0 saturated heterocycles. The molecule has 70 valence electrons. The van der Waals surface area contributed by atoms with Crippen LogP contribution in [-0.2, 0) is 11.2 Å². The summed E-state index contributed by atoms with van der Waals surface area (Å²) < 4.78 is 0. The summed E-state index contributed by atoms with van der Waals surface area (Å²) in [6.07, 6.45) is 0.127. The molecule has 0 saturated carbocycles. The predicted octanol–water partition coefficient (Wildman–Crippen LogP) is 2.83. The first-order chi connectivity index (χ1) is 6.00. The van der Waals surface area contributed by atoms with E-state index in [1.807, 2.05) is 0 Å². The number of benzene rings is 1. The molecule has 0 heterocycles. The van der Waals surface area contributed by atoms with Crippen LogP contribution in [0.5, 0.6) is 5.75 Å². The summed E-state index contributed by atoms with van der Waals surface area (Å²) in [6, 6.07) is 2.87. The fourth-order valence-electron chi connectivity index (χ4n) is 1.01. The SMILES string of the molecule is CC(=O)Cc1c(O)cc(Cl)cc1Cl. The van der Waals surface area contributed by atoms with Gasteiger partial charge in [-0.25, -0.2) is 0 Å². The number of Topliss-reactive ketones (excluding diaryl/α,β-unsaturated/α-hetero) is 1. The van der Waals surface area contributed by atoms with Crippen molar-refractivity contribution >= 4 is 29.0 Å². The van der Waals surface area contributed by atoms with Gasteiger partial charge in [-0.05, 0) is 19.1 Å². The lowest BCUT2D eigenvalue weighted by molar-refractivity contribution is -0.116. The van der Waals surface area contributed by atoms with Crippen LogP contribution in [0.15, 0.2) is 12.1 Å². The highest BCUT2D eigenvalue weighted by molar-refractivity contribution is 6.35. The highest BCUT2D eigenvalue weighted by Crippen LogP contribution is 2.30. The Morgan fingerprint density at radius 1 is 1.46 bits per heavy atom. The minimum atomic E-state index is -0.0560. The van der Waals surface area contributed by atoms with E-state index >= 15 is 0 Å². The Labute approximate surface area is 86.1 Å². The Morgan fingerprint density at radius 2 is 2.08 bits per heavy atom. The van der Waals surface area contributed by atoms with Crippen molar-refractivity contribution in [3.63, 3.8) is 0 Å². The molecule has 0 unspecified atom stereocenters. The summed E-state index contributed by atoms with van der Waals surface area (Å²) in [4.78, 5) is 10.8. The van der Waals surface area contributed by atoms with Crippen molar-refractivity contribution in [3.05, 3.63) is 27.7 Å². The number of aromatic hydroxyl groups is 1. The van der Waals surface area contributed by atoms with Gasteiger partial charge in [0.15, 0.2) is 0 Å². The molecular weight excluding hydrogens is 211 g/mol. The summed E-state index contributed by atoms with van der Waals surface area (Å²) in [7, 11) is 0. The van der Waals surface area contributed by atoms with Crippen LogP contribution in [0.1, 0.15) is 12.5 Å². The second kappa shape index (κ2) is 3.99. The summed E-state index contributed by atoms with van der Waals surface area (Å²) >= 11 is 11.4. The van der Waals surface area contributed by atoms with E-state index < -0.39 is 0 Å². The zero-order valence-corrected chi connectivity index (χ0v) is 8.49. The van der Waals surface area contributed by atoms with E-state index in [4.69, 9.17) is 23.2 Å². The van der Waals surface area contributed by atoms with E-state index in [0.717, 1.165) is 0 Å². The highest BCUT2D eigenvalue weighted by atomic mass is 35.5. The summed E-state index contributed by atoms with van der Waals surface area (Å²) in [6.45, 7) is 1.43. The molecule has 0 aromatic heterocycles. The monoisotopic (exact) mass is 218 g/mol. The summed E-state index contributed by atoms with van der Waals surface area (Å²) in [5.41, 5.74) is 0.429. The summed E-state index contributed by atoms with van der Waals surface area (Å²) in [5.74, 6) is -0.0905. The van der Waals surface area contributed by atoms with Gasteiger partial charge in [-0.1, -0.05) is 23.2 Å². The lowest BCUT2D eigenvalue weighted by Crippen LogP contribution is -1.97. The van der Waals surface area contributed by atoms with E-state index in [1.54, 1.807) is 0 Å². The standard InChI is InChI=1S/C9H8Cl2O2/c1-5(12)2-7-8(11)3-6(10)4-9(7)13/h3-4,13H,2H2,1H3. The molecular formula is C9H8Cl2O2. The Morgan fingerprint density at radius 3 is 2.54 bits per heavy atom. The molecule has 1 N–H and O–H groups in total. The second-order valence-electron chi connectivity index (χ2n) is 2.76. The van der Waals surface area contributed by atoms with Crippen LogP contribution in [0.25, 0.3) is 0 Å². The lowest BCUT2D eigenvalue weighted by Gasteiger charge is -2.05. The molecule has 0 aliphatic rings. The van der Waals surface area contributed by atoms with Gasteiger partial charge in [-0.15, -0.1) is 0 Å². The third-order valence-corrected chi connectivity index (χ3v) is 2.12. The van der Waals surface area contributed by atoms with Gasteiger partial charge in [0.05, 0.1) is 0 Å². The van der Waals surface area contributed by atoms with Crippen molar-refractivity contribution in [2.75, 3.05) is 0 Å². The van der Waals surface area contributed by atoms with Gasteiger partial charge in [0.1, 0.15) is 11.5 Å². The molecule has 0 atom stereocenters. The molecule has 0 fully saturated rings. The number of carbonyl (C=O) groups excluding carboxylic acids is 1. The Bertz CT molecular complexity index is 324. The largest absolute Gasteiger partial charge is 0.508 e. The molecule has 4 heteroatoms. The minimum absolute atomic E-state index is 0.0345. The van der Waals surface area contributed by atoms with Crippen LogP contribution in [0.2, 0.25) is 10.0 Å². The quantitative estimate of drug-likeness (QED) is 0.830. The van der Waals surface area contributed by atoms with Gasteiger partial charge in [-0.2, -0.15) is 0 Å². The average molecular weight is 219 g/mol. The first-order valence-corrected chi connectivity index (χ1v) is 4.42. The Balaban J connectivity index is 3.13. The molecule has 1 aromatic rings. The molecule has 2 nitrogen and oxygen atoms in total. The molecule has 0 bridgehead atoms. The molecule has 0 spiro atoms. The van der Waals surface area contributed by atoms with Gasteiger partial charge in [0.2, 0.25) is 0 Å². The van der Waals surface area contributed by atoms with Crippen LogP contribution in [0.3, 0.4) is 0 Å². The normalized spacial score (nSPS) is 10.1. The number of phenolic OH excluding ortho intramolecular Hbond substituents is 1. The Kier molecular flexibility index (Phi) is 3.17. The van der Waals surface area contributed by atoms with Gasteiger partial charge in [0.25, 0.3) is 0 Å². The topological polar surface area (TPSA) is 37.3 Å². The van der Waals surface area contributed by atoms with Gasteiger partial charge in [-0.3, -0.25) is 4.79 Å². The van der Waals surface area contributed by atoms with Crippen molar-refractivity contribution in [2.45, 2.75) is 13.3 Å². The third kappa shape index (κ3) is 2.61. The van der Waals surface area contributed by atoms with E-state index in [9.17, 15) is 9.90 Å². The van der Waals surface area contributed by atoms with E-state index in [-0.39, 0.29) is 18.0 Å². The van der Waals surface area contributed by atoms with Crippen LogP contribution in [0, 0.1) is 0 Å². The molecule has 0 amide bonds. The number of phenols is 1. The zero-order valence-electron chi connectivity index (χ0n) is 6.97. The Hall–Kier alpha value is -0.730. The van der Waals surface area contributed by atoms with E-state index in [1.165, 1.54) is 19.1 Å². The molecule has 0 aliphatic carbocycles. The number of rotatable bonds is 2. The van der Waals surface area contributed by atoms with Crippen LogP contribution < -0.4 is 0 Å². The van der Waals surface area contributed by atoms with Crippen molar-refractivity contribution in [2.24, 2.45) is 0 Å². The van der Waals surface area contributed by atoms with E-state index in [2.05, 4.69) is 0 Å². The summed E-state index contributed by atoms with van der Waals surface area (Å²) in [5, 5.41) is 10.1. The van der Waals surface area contributed by atoms with Crippen molar-refractivity contribution in [3.8, 4) is 5.75 Å². The number of halogens is 2. The zero-order chi connectivity index (χ0) is 10.0. The van der Waals surface area contributed by atoms with Gasteiger partial charge in [0, 0.05) is 22.0 Å². The van der Waals surface area contributed by atoms with E-state index in [0.29, 0.717) is 15.6 Å². The predicted molar refractivity (Wildman–Crippen MR) is 52.5 cm³/mol. The maximum atomic E-state index is 10.8. The molecule has 0 aliphatic heterocycles. The fourth-order valence-corrected chi connectivity index (χ4v) is 1.56. The van der Waals surface area contributed by atoms with Crippen LogP contribution in [0.4, 0.5) is 0 Å². The smallest absolute Gasteiger partial charge is 0.134 e. The maximum absolute atomic E-state index is 10.8. The van der Waals surface area contributed by atoms with Crippen molar-refractivity contribution in [1.29, 1.82) is 0 Å². The molecule has 13 heavy (non-hydrogen) atoms. The first kappa shape index (κ1) is 10.4. The third-order valence-electron chi connectivity index (χ3n) is 1.56. The molecule has 0 radical (unpaired) electrons. The maximum Gasteiger partial charge on any atom is 0.134 e. The van der Waals surface area contributed by atoms with Gasteiger partial charge < -0.3 is 5.11 Å².